The minimum absolute atomic E-state index is 0.253. The molecule has 1 aliphatic carbocycles. The van der Waals surface area contributed by atoms with Crippen molar-refractivity contribution in [2.24, 2.45) is 0 Å². The number of hydrogen-bond donors (Lipinski definition) is 0. The smallest absolute Gasteiger partial charge is 0.168 e. The van der Waals surface area contributed by atoms with Gasteiger partial charge in [0.1, 0.15) is 5.75 Å². The van der Waals surface area contributed by atoms with Crippen molar-refractivity contribution in [1.29, 1.82) is 0 Å². The maximum absolute atomic E-state index is 5.80. The van der Waals surface area contributed by atoms with Crippen LogP contribution >= 0.6 is 0 Å². The lowest BCUT2D eigenvalue weighted by Crippen LogP contribution is -2.42. The van der Waals surface area contributed by atoms with Gasteiger partial charge in [-0.3, -0.25) is 4.90 Å². The molecule has 0 N–H and O–H groups in total. The van der Waals surface area contributed by atoms with E-state index in [1.54, 1.807) is 7.11 Å². The third-order valence-corrected chi connectivity index (χ3v) is 4.74. The third kappa shape index (κ3) is 3.39. The van der Waals surface area contributed by atoms with Crippen LogP contribution in [-0.2, 0) is 16.0 Å². The highest BCUT2D eigenvalue weighted by molar-refractivity contribution is 5.27. The lowest BCUT2D eigenvalue weighted by atomic mass is 9.89. The van der Waals surface area contributed by atoms with Gasteiger partial charge >= 0.3 is 0 Å². The van der Waals surface area contributed by atoms with E-state index in [1.165, 1.54) is 5.56 Å². The molecule has 1 saturated carbocycles. The molecule has 4 nitrogen and oxygen atoms in total. The van der Waals surface area contributed by atoms with Gasteiger partial charge in [0.2, 0.25) is 0 Å². The molecular formula is C17H25NO3. The van der Waals surface area contributed by atoms with Crippen molar-refractivity contribution in [3.8, 4) is 5.75 Å². The molecule has 3 rings (SSSR count). The summed E-state index contributed by atoms with van der Waals surface area (Å²) in [5.74, 6) is 0.661. The van der Waals surface area contributed by atoms with E-state index < -0.39 is 0 Å². The van der Waals surface area contributed by atoms with Crippen molar-refractivity contribution >= 4 is 0 Å². The molecule has 0 unspecified atom stereocenters. The Morgan fingerprint density at radius 1 is 1.14 bits per heavy atom. The Labute approximate surface area is 127 Å². The maximum Gasteiger partial charge on any atom is 0.168 e. The summed E-state index contributed by atoms with van der Waals surface area (Å²) in [6.45, 7) is 2.49. The number of ether oxygens (including phenoxy) is 3. The molecular weight excluding hydrogens is 266 g/mol. The van der Waals surface area contributed by atoms with Crippen molar-refractivity contribution in [3.05, 3.63) is 29.8 Å². The van der Waals surface area contributed by atoms with E-state index in [4.69, 9.17) is 14.2 Å². The van der Waals surface area contributed by atoms with Gasteiger partial charge in [-0.1, -0.05) is 12.1 Å². The average molecular weight is 291 g/mol. The molecule has 0 amide bonds. The van der Waals surface area contributed by atoms with Crippen molar-refractivity contribution in [1.82, 2.24) is 4.90 Å². The predicted molar refractivity (Wildman–Crippen MR) is 81.4 cm³/mol. The van der Waals surface area contributed by atoms with Crippen molar-refractivity contribution < 1.29 is 14.2 Å². The number of nitrogens with zero attached hydrogens (tertiary/aromatic N) is 1. The first-order valence-electron chi connectivity index (χ1n) is 7.82. The van der Waals surface area contributed by atoms with E-state index in [-0.39, 0.29) is 5.79 Å². The molecule has 0 radical (unpaired) electrons. The Hall–Kier alpha value is -1.10. The van der Waals surface area contributed by atoms with Gasteiger partial charge < -0.3 is 14.2 Å². The fraction of sp³-hybridized carbons (Fsp3) is 0.647. The molecule has 0 bridgehead atoms. The molecule has 0 atom stereocenters. The summed E-state index contributed by atoms with van der Waals surface area (Å²) in [5, 5.41) is 0. The summed E-state index contributed by atoms with van der Waals surface area (Å²) < 4.78 is 16.8. The van der Waals surface area contributed by atoms with Gasteiger partial charge in [-0.25, -0.2) is 0 Å². The van der Waals surface area contributed by atoms with Crippen molar-refractivity contribution in [2.75, 3.05) is 27.4 Å². The molecule has 116 valence electrons. The van der Waals surface area contributed by atoms with Gasteiger partial charge in [0.15, 0.2) is 5.79 Å². The fourth-order valence-electron chi connectivity index (χ4n) is 3.42. The molecule has 21 heavy (non-hydrogen) atoms. The standard InChI is InChI=1S/C17H25NO3/c1-18(13-14-3-5-16(19-2)6-4-14)15-7-9-17(10-8-15)20-11-12-21-17/h3-6,15H,7-13H2,1-2H3. The second kappa shape index (κ2) is 6.34. The monoisotopic (exact) mass is 291 g/mol. The van der Waals surface area contributed by atoms with Crippen molar-refractivity contribution in [3.63, 3.8) is 0 Å². The predicted octanol–water partition coefficient (Wildman–Crippen LogP) is 2.81. The summed E-state index contributed by atoms with van der Waals surface area (Å²) in [4.78, 5) is 2.45. The van der Waals surface area contributed by atoms with Crippen LogP contribution < -0.4 is 4.74 Å². The summed E-state index contributed by atoms with van der Waals surface area (Å²) in [6.07, 6.45) is 4.33. The molecule has 1 spiro atoms. The maximum atomic E-state index is 5.80. The van der Waals surface area contributed by atoms with E-state index >= 15 is 0 Å². The lowest BCUT2D eigenvalue weighted by molar-refractivity contribution is -0.183. The van der Waals surface area contributed by atoms with Gasteiger partial charge in [0.05, 0.1) is 20.3 Å². The zero-order chi connectivity index (χ0) is 14.7. The van der Waals surface area contributed by atoms with Crippen LogP contribution in [0.25, 0.3) is 0 Å². The van der Waals surface area contributed by atoms with Crippen LogP contribution in [0.4, 0.5) is 0 Å². The molecule has 2 aliphatic rings. The molecule has 1 aliphatic heterocycles. The van der Waals surface area contributed by atoms with E-state index in [9.17, 15) is 0 Å². The highest BCUT2D eigenvalue weighted by Gasteiger charge is 2.40. The zero-order valence-electron chi connectivity index (χ0n) is 13.0. The van der Waals surface area contributed by atoms with Crippen LogP contribution in [-0.4, -0.2) is 44.1 Å². The van der Waals surface area contributed by atoms with Crippen LogP contribution in [0.5, 0.6) is 5.75 Å². The van der Waals surface area contributed by atoms with Crippen LogP contribution in [0, 0.1) is 0 Å². The van der Waals surface area contributed by atoms with Gasteiger partial charge in [0.25, 0.3) is 0 Å². The average Bonchev–Trinajstić information content (AvgIpc) is 2.97. The van der Waals surface area contributed by atoms with Gasteiger partial charge in [-0.2, -0.15) is 0 Å². The minimum Gasteiger partial charge on any atom is -0.497 e. The summed E-state index contributed by atoms with van der Waals surface area (Å²) in [6, 6.07) is 8.95. The first-order chi connectivity index (χ1) is 10.2. The Bertz CT molecular complexity index is 444. The Kier molecular flexibility index (Phi) is 4.48. The van der Waals surface area contributed by atoms with E-state index in [1.807, 2.05) is 12.1 Å². The normalized spacial score (nSPS) is 22.0. The largest absolute Gasteiger partial charge is 0.497 e. The van der Waals surface area contributed by atoms with Gasteiger partial charge in [-0.05, 0) is 37.6 Å². The van der Waals surface area contributed by atoms with Crippen molar-refractivity contribution in [2.45, 2.75) is 44.1 Å². The fourth-order valence-corrected chi connectivity index (χ4v) is 3.42. The highest BCUT2D eigenvalue weighted by atomic mass is 16.7. The quantitative estimate of drug-likeness (QED) is 0.853. The van der Waals surface area contributed by atoms with Crippen LogP contribution in [0.15, 0.2) is 24.3 Å². The van der Waals surface area contributed by atoms with Gasteiger partial charge in [-0.15, -0.1) is 0 Å². The molecule has 4 heteroatoms. The summed E-state index contributed by atoms with van der Waals surface area (Å²) in [5.41, 5.74) is 1.33. The second-order valence-electron chi connectivity index (χ2n) is 6.10. The summed E-state index contributed by atoms with van der Waals surface area (Å²) >= 11 is 0. The number of rotatable bonds is 4. The lowest BCUT2D eigenvalue weighted by Gasteiger charge is -2.39. The Balaban J connectivity index is 1.52. The van der Waals surface area contributed by atoms with E-state index in [0.29, 0.717) is 6.04 Å². The molecule has 1 aromatic rings. The van der Waals surface area contributed by atoms with Crippen LogP contribution in [0.2, 0.25) is 0 Å². The van der Waals surface area contributed by atoms with Crippen LogP contribution in [0.3, 0.4) is 0 Å². The number of benzene rings is 1. The molecule has 1 saturated heterocycles. The van der Waals surface area contributed by atoms with Crippen LogP contribution in [0.1, 0.15) is 31.2 Å². The van der Waals surface area contributed by atoms with E-state index in [2.05, 4.69) is 24.1 Å². The Morgan fingerprint density at radius 3 is 2.33 bits per heavy atom. The van der Waals surface area contributed by atoms with E-state index in [0.717, 1.165) is 51.2 Å². The highest BCUT2D eigenvalue weighted by Crippen LogP contribution is 2.37. The third-order valence-electron chi connectivity index (χ3n) is 4.74. The molecule has 1 heterocycles. The Morgan fingerprint density at radius 2 is 1.76 bits per heavy atom. The first kappa shape index (κ1) is 14.8. The van der Waals surface area contributed by atoms with Gasteiger partial charge in [0, 0.05) is 25.4 Å². The first-order valence-corrected chi connectivity index (χ1v) is 7.82. The summed E-state index contributed by atoms with van der Waals surface area (Å²) in [7, 11) is 3.91. The molecule has 2 fully saturated rings. The second-order valence-corrected chi connectivity index (χ2v) is 6.10. The minimum atomic E-state index is -0.253. The number of methoxy groups -OCH3 is 1. The SMILES string of the molecule is COc1ccc(CN(C)C2CCC3(CC2)OCCO3)cc1. The zero-order valence-corrected chi connectivity index (χ0v) is 13.0. The molecule has 1 aromatic carbocycles. The topological polar surface area (TPSA) is 30.9 Å². The molecule has 0 aromatic heterocycles. The number of hydrogen-bond acceptors (Lipinski definition) is 4.